The number of aliphatic imine (C=N–C) groups is 1. The van der Waals surface area contributed by atoms with Gasteiger partial charge in [-0.2, -0.15) is 0 Å². The molecule has 21 heavy (non-hydrogen) atoms. The lowest BCUT2D eigenvalue weighted by atomic mass is 10.2. The van der Waals surface area contributed by atoms with E-state index in [-0.39, 0.29) is 0 Å². The Morgan fingerprint density at radius 1 is 1.00 bits per heavy atom. The van der Waals surface area contributed by atoms with Crippen LogP contribution in [0.1, 0.15) is 47.0 Å². The number of methoxy groups -OCH3 is 1. The topological polar surface area (TPSA) is 48.9 Å². The lowest BCUT2D eigenvalue weighted by molar-refractivity contribution is 0.178. The van der Waals surface area contributed by atoms with Gasteiger partial charge in [-0.15, -0.1) is 0 Å². The number of hydrogen-bond donors (Lipinski definition) is 2. The second-order valence-corrected chi connectivity index (χ2v) is 5.90. The molecule has 0 spiro atoms. The highest BCUT2D eigenvalue weighted by atomic mass is 16.5. The van der Waals surface area contributed by atoms with Crippen LogP contribution >= 0.6 is 0 Å². The number of hydrogen-bond acceptors (Lipinski definition) is 3. The first kappa shape index (κ1) is 20.2. The Morgan fingerprint density at radius 2 is 1.62 bits per heavy atom. The van der Waals surface area contributed by atoms with Crippen LogP contribution in [-0.4, -0.2) is 63.3 Å². The third kappa shape index (κ3) is 10.5. The SMILES string of the molecule is CN=C(NCCCCCOC)NCCN(C(C)C)C(C)C. The molecule has 0 saturated carbocycles. The molecule has 2 N–H and O–H groups in total. The van der Waals surface area contributed by atoms with Crippen LogP contribution in [0.2, 0.25) is 0 Å². The maximum absolute atomic E-state index is 5.04. The highest BCUT2D eigenvalue weighted by molar-refractivity contribution is 5.79. The predicted molar refractivity (Wildman–Crippen MR) is 92.1 cm³/mol. The molecule has 0 amide bonds. The van der Waals surface area contributed by atoms with Crippen molar-refractivity contribution >= 4 is 5.96 Å². The number of nitrogens with one attached hydrogen (secondary N) is 2. The van der Waals surface area contributed by atoms with Gasteiger partial charge in [0, 0.05) is 52.5 Å². The Morgan fingerprint density at radius 3 is 2.14 bits per heavy atom. The molecule has 0 aliphatic rings. The summed E-state index contributed by atoms with van der Waals surface area (Å²) in [4.78, 5) is 6.74. The van der Waals surface area contributed by atoms with E-state index in [4.69, 9.17) is 4.74 Å². The Balaban J connectivity index is 3.80. The zero-order valence-corrected chi connectivity index (χ0v) is 14.9. The van der Waals surface area contributed by atoms with Crippen LogP contribution in [0.25, 0.3) is 0 Å². The normalized spacial score (nSPS) is 12.5. The zero-order chi connectivity index (χ0) is 16.1. The summed E-state index contributed by atoms with van der Waals surface area (Å²) >= 11 is 0. The van der Waals surface area contributed by atoms with Crippen molar-refractivity contribution in [2.24, 2.45) is 4.99 Å². The summed E-state index contributed by atoms with van der Waals surface area (Å²) in [5.74, 6) is 0.897. The lowest BCUT2D eigenvalue weighted by Gasteiger charge is -2.30. The first-order valence-electron chi connectivity index (χ1n) is 8.22. The van der Waals surface area contributed by atoms with Gasteiger partial charge in [0.1, 0.15) is 0 Å². The quantitative estimate of drug-likeness (QED) is 0.348. The summed E-state index contributed by atoms with van der Waals surface area (Å²) < 4.78 is 5.04. The van der Waals surface area contributed by atoms with E-state index in [9.17, 15) is 0 Å². The lowest BCUT2D eigenvalue weighted by Crippen LogP contribution is -2.45. The molecule has 0 aromatic heterocycles. The number of guanidine groups is 1. The molecule has 0 aliphatic carbocycles. The number of nitrogens with zero attached hydrogens (tertiary/aromatic N) is 2. The van der Waals surface area contributed by atoms with Crippen LogP contribution in [0, 0.1) is 0 Å². The Labute approximate surface area is 131 Å². The van der Waals surface area contributed by atoms with E-state index in [1.807, 2.05) is 7.05 Å². The van der Waals surface area contributed by atoms with Crippen molar-refractivity contribution in [1.29, 1.82) is 0 Å². The maximum Gasteiger partial charge on any atom is 0.191 e. The fourth-order valence-corrected chi connectivity index (χ4v) is 2.39. The van der Waals surface area contributed by atoms with Crippen LogP contribution in [-0.2, 0) is 4.74 Å². The molecule has 0 fully saturated rings. The molecule has 0 aromatic carbocycles. The minimum atomic E-state index is 0.572. The number of ether oxygens (including phenoxy) is 1. The van der Waals surface area contributed by atoms with Gasteiger partial charge in [0.2, 0.25) is 0 Å². The maximum atomic E-state index is 5.04. The number of rotatable bonds is 11. The Hall–Kier alpha value is -0.810. The van der Waals surface area contributed by atoms with E-state index in [0.717, 1.165) is 45.0 Å². The van der Waals surface area contributed by atoms with Crippen LogP contribution in [0.15, 0.2) is 4.99 Å². The number of unbranched alkanes of at least 4 members (excludes halogenated alkanes) is 2. The molecule has 0 aliphatic heterocycles. The van der Waals surface area contributed by atoms with Gasteiger partial charge in [0.25, 0.3) is 0 Å². The van der Waals surface area contributed by atoms with Crippen molar-refractivity contribution in [3.8, 4) is 0 Å². The van der Waals surface area contributed by atoms with E-state index < -0.39 is 0 Å². The molecule has 0 atom stereocenters. The Bertz CT molecular complexity index is 259. The van der Waals surface area contributed by atoms with Crippen LogP contribution in [0.3, 0.4) is 0 Å². The molecule has 0 heterocycles. The van der Waals surface area contributed by atoms with Crippen molar-refractivity contribution < 1.29 is 4.74 Å². The van der Waals surface area contributed by atoms with Crippen LogP contribution in [0.5, 0.6) is 0 Å². The highest BCUT2D eigenvalue weighted by Crippen LogP contribution is 2.03. The van der Waals surface area contributed by atoms with Crippen molar-refractivity contribution in [2.75, 3.05) is 40.4 Å². The van der Waals surface area contributed by atoms with Crippen molar-refractivity contribution in [2.45, 2.75) is 59.0 Å². The summed E-state index contributed by atoms with van der Waals surface area (Å²) in [6, 6.07) is 1.14. The molecule has 0 radical (unpaired) electrons. The fourth-order valence-electron chi connectivity index (χ4n) is 2.39. The predicted octanol–water partition coefficient (Wildman–Crippen LogP) is 2.09. The van der Waals surface area contributed by atoms with Gasteiger partial charge in [0.15, 0.2) is 5.96 Å². The molecule has 0 bridgehead atoms. The van der Waals surface area contributed by atoms with Crippen LogP contribution in [0.4, 0.5) is 0 Å². The van der Waals surface area contributed by atoms with E-state index in [1.165, 1.54) is 6.42 Å². The minimum Gasteiger partial charge on any atom is -0.385 e. The Kier molecular flexibility index (Phi) is 12.4. The van der Waals surface area contributed by atoms with Crippen molar-refractivity contribution in [3.63, 3.8) is 0 Å². The highest BCUT2D eigenvalue weighted by Gasteiger charge is 2.12. The van der Waals surface area contributed by atoms with E-state index in [2.05, 4.69) is 48.2 Å². The van der Waals surface area contributed by atoms with Gasteiger partial charge in [-0.3, -0.25) is 9.89 Å². The van der Waals surface area contributed by atoms with Gasteiger partial charge >= 0.3 is 0 Å². The molecular formula is C16H36N4O. The summed E-state index contributed by atoms with van der Waals surface area (Å²) in [6.45, 7) is 12.7. The van der Waals surface area contributed by atoms with Crippen molar-refractivity contribution in [3.05, 3.63) is 0 Å². The smallest absolute Gasteiger partial charge is 0.191 e. The molecular weight excluding hydrogens is 264 g/mol. The summed E-state index contributed by atoms with van der Waals surface area (Å²) in [5, 5.41) is 6.74. The summed E-state index contributed by atoms with van der Waals surface area (Å²) in [7, 11) is 3.57. The average Bonchev–Trinajstić information content (AvgIpc) is 2.43. The van der Waals surface area contributed by atoms with E-state index in [1.54, 1.807) is 7.11 Å². The first-order chi connectivity index (χ1) is 10.0. The third-order valence-corrected chi connectivity index (χ3v) is 3.53. The summed E-state index contributed by atoms with van der Waals surface area (Å²) in [5.41, 5.74) is 0. The largest absolute Gasteiger partial charge is 0.385 e. The second kappa shape index (κ2) is 12.9. The standard InChI is InChI=1S/C16H36N4O/c1-14(2)20(15(3)4)12-11-19-16(17-5)18-10-8-7-9-13-21-6/h14-15H,7-13H2,1-6H3,(H2,17,18,19). The third-order valence-electron chi connectivity index (χ3n) is 3.53. The molecule has 0 rings (SSSR count). The molecule has 0 saturated heterocycles. The zero-order valence-electron chi connectivity index (χ0n) is 14.9. The van der Waals surface area contributed by atoms with Gasteiger partial charge in [-0.1, -0.05) is 0 Å². The summed E-state index contributed by atoms with van der Waals surface area (Å²) in [6.07, 6.45) is 3.46. The van der Waals surface area contributed by atoms with E-state index >= 15 is 0 Å². The fraction of sp³-hybridized carbons (Fsp3) is 0.938. The van der Waals surface area contributed by atoms with Gasteiger partial charge in [-0.25, -0.2) is 0 Å². The second-order valence-electron chi connectivity index (χ2n) is 5.90. The van der Waals surface area contributed by atoms with E-state index in [0.29, 0.717) is 12.1 Å². The molecule has 0 unspecified atom stereocenters. The average molecular weight is 300 g/mol. The minimum absolute atomic E-state index is 0.572. The van der Waals surface area contributed by atoms with Gasteiger partial charge < -0.3 is 15.4 Å². The molecule has 0 aromatic rings. The van der Waals surface area contributed by atoms with Gasteiger partial charge in [-0.05, 0) is 47.0 Å². The van der Waals surface area contributed by atoms with Crippen LogP contribution < -0.4 is 10.6 Å². The van der Waals surface area contributed by atoms with Gasteiger partial charge in [0.05, 0.1) is 0 Å². The molecule has 5 nitrogen and oxygen atoms in total. The monoisotopic (exact) mass is 300 g/mol. The molecule has 5 heteroatoms. The molecule has 126 valence electrons. The first-order valence-corrected chi connectivity index (χ1v) is 8.22. The van der Waals surface area contributed by atoms with Crippen molar-refractivity contribution in [1.82, 2.24) is 15.5 Å².